The first-order chi connectivity index (χ1) is 8.58. The Balaban J connectivity index is 1.88. The maximum absolute atomic E-state index is 11.6. The number of nitrogens with one attached hydrogen (secondary N) is 1. The zero-order valence-electron chi connectivity index (χ0n) is 9.75. The third-order valence-corrected chi connectivity index (χ3v) is 2.47. The highest BCUT2D eigenvalue weighted by Gasteiger charge is 2.40. The van der Waals surface area contributed by atoms with Crippen LogP contribution in [0.5, 0.6) is 0 Å². The molecule has 0 spiro atoms. The van der Waals surface area contributed by atoms with Gasteiger partial charge in [-0.2, -0.15) is 5.06 Å². The zero-order chi connectivity index (χ0) is 13.1. The van der Waals surface area contributed by atoms with E-state index in [1.165, 1.54) is 6.92 Å². The lowest BCUT2D eigenvalue weighted by Gasteiger charge is -2.35. The maximum atomic E-state index is 11.6. The predicted octanol–water partition coefficient (Wildman–Crippen LogP) is 0.105. The summed E-state index contributed by atoms with van der Waals surface area (Å²) < 4.78 is 0. The van der Waals surface area contributed by atoms with E-state index < -0.39 is 17.9 Å². The number of carbonyl (C=O) groups is 3. The van der Waals surface area contributed by atoms with Crippen molar-refractivity contribution >= 4 is 17.8 Å². The molecule has 0 aliphatic carbocycles. The van der Waals surface area contributed by atoms with Crippen LogP contribution in [0.25, 0.3) is 0 Å². The molecule has 0 saturated carbocycles. The molecule has 6 nitrogen and oxygen atoms in total. The van der Waals surface area contributed by atoms with Crippen molar-refractivity contribution in [2.24, 2.45) is 0 Å². The second-order valence-corrected chi connectivity index (χ2v) is 3.90. The summed E-state index contributed by atoms with van der Waals surface area (Å²) in [6.07, 6.45) is 0. The summed E-state index contributed by atoms with van der Waals surface area (Å²) in [6.45, 7) is 1.50. The maximum Gasteiger partial charge on any atom is 0.363 e. The number of hydrogen-bond donors (Lipinski definition) is 1. The number of β-lactam (4-membered cyclic amide) rings is 1. The van der Waals surface area contributed by atoms with Crippen molar-refractivity contribution in [3.05, 3.63) is 35.9 Å². The average Bonchev–Trinajstić information content (AvgIpc) is 2.37. The Labute approximate surface area is 103 Å². The van der Waals surface area contributed by atoms with E-state index in [1.807, 2.05) is 0 Å². The van der Waals surface area contributed by atoms with E-state index in [9.17, 15) is 14.4 Å². The number of nitrogens with zero attached hydrogens (tertiary/aromatic N) is 1. The zero-order valence-corrected chi connectivity index (χ0v) is 9.75. The second-order valence-electron chi connectivity index (χ2n) is 3.90. The number of hydrogen-bond acceptors (Lipinski definition) is 4. The average molecular weight is 248 g/mol. The van der Waals surface area contributed by atoms with E-state index in [-0.39, 0.29) is 12.5 Å². The van der Waals surface area contributed by atoms with E-state index >= 15 is 0 Å². The molecule has 1 unspecified atom stereocenters. The Hall–Kier alpha value is -2.37. The number of rotatable bonds is 3. The second kappa shape index (κ2) is 4.87. The van der Waals surface area contributed by atoms with Gasteiger partial charge in [0.2, 0.25) is 5.91 Å². The van der Waals surface area contributed by atoms with Gasteiger partial charge in [-0.05, 0) is 12.1 Å². The van der Waals surface area contributed by atoms with Gasteiger partial charge in [-0.1, -0.05) is 18.2 Å². The largest absolute Gasteiger partial charge is 0.363 e. The fraction of sp³-hybridized carbons (Fsp3) is 0.250. The van der Waals surface area contributed by atoms with Crippen LogP contribution in [0, 0.1) is 0 Å². The molecule has 1 aromatic carbocycles. The molecule has 1 aliphatic heterocycles. The van der Waals surface area contributed by atoms with Crippen LogP contribution in [-0.2, 0) is 14.4 Å². The van der Waals surface area contributed by atoms with E-state index in [0.717, 1.165) is 5.06 Å². The van der Waals surface area contributed by atoms with E-state index in [1.54, 1.807) is 30.3 Å². The molecule has 1 fully saturated rings. The molecule has 2 amide bonds. The normalized spacial score (nSPS) is 17.9. The van der Waals surface area contributed by atoms with E-state index in [4.69, 9.17) is 4.84 Å². The smallest absolute Gasteiger partial charge is 0.343 e. The van der Waals surface area contributed by atoms with Gasteiger partial charge in [0.1, 0.15) is 6.04 Å². The van der Waals surface area contributed by atoms with E-state index in [2.05, 4.69) is 5.32 Å². The molecule has 1 aliphatic rings. The topological polar surface area (TPSA) is 75.7 Å². The molecule has 0 radical (unpaired) electrons. The molecule has 1 heterocycles. The third-order valence-electron chi connectivity index (χ3n) is 2.47. The lowest BCUT2D eigenvalue weighted by molar-refractivity contribution is -0.192. The van der Waals surface area contributed by atoms with Crippen molar-refractivity contribution in [3.63, 3.8) is 0 Å². The van der Waals surface area contributed by atoms with Gasteiger partial charge >= 0.3 is 5.97 Å². The molecule has 94 valence electrons. The summed E-state index contributed by atoms with van der Waals surface area (Å²) in [6, 6.07) is 7.78. The van der Waals surface area contributed by atoms with Gasteiger partial charge in [0.05, 0.1) is 12.1 Å². The van der Waals surface area contributed by atoms with Crippen LogP contribution in [0.2, 0.25) is 0 Å². The minimum Gasteiger partial charge on any atom is -0.343 e. The third kappa shape index (κ3) is 2.48. The molecule has 6 heteroatoms. The van der Waals surface area contributed by atoms with Crippen LogP contribution < -0.4 is 5.32 Å². The molecule has 0 aromatic heterocycles. The van der Waals surface area contributed by atoms with Crippen LogP contribution in [0.3, 0.4) is 0 Å². The minimum absolute atomic E-state index is 0.178. The summed E-state index contributed by atoms with van der Waals surface area (Å²) >= 11 is 0. The Bertz CT molecular complexity index is 486. The van der Waals surface area contributed by atoms with Crippen molar-refractivity contribution < 1.29 is 19.2 Å². The highest BCUT2D eigenvalue weighted by Crippen LogP contribution is 2.13. The van der Waals surface area contributed by atoms with Gasteiger partial charge in [-0.15, -0.1) is 0 Å². The summed E-state index contributed by atoms with van der Waals surface area (Å²) in [4.78, 5) is 38.8. The molecule has 1 aromatic rings. The molecule has 18 heavy (non-hydrogen) atoms. The monoisotopic (exact) mass is 248 g/mol. The van der Waals surface area contributed by atoms with Crippen molar-refractivity contribution in [3.8, 4) is 0 Å². The first-order valence-corrected chi connectivity index (χ1v) is 5.44. The highest BCUT2D eigenvalue weighted by molar-refractivity contribution is 5.94. The van der Waals surface area contributed by atoms with Crippen molar-refractivity contribution in [1.82, 2.24) is 10.4 Å². The summed E-state index contributed by atoms with van der Waals surface area (Å²) in [5, 5.41) is 3.39. The van der Waals surface area contributed by atoms with Crippen molar-refractivity contribution in [2.75, 3.05) is 6.54 Å². The van der Waals surface area contributed by atoms with Gasteiger partial charge in [-0.3, -0.25) is 9.59 Å². The molecule has 2 rings (SSSR count). The first kappa shape index (κ1) is 12.1. The molecular weight excluding hydrogens is 236 g/mol. The Morgan fingerprint density at radius 3 is 2.56 bits per heavy atom. The quantitative estimate of drug-likeness (QED) is 0.770. The van der Waals surface area contributed by atoms with Gasteiger partial charge in [0.25, 0.3) is 5.91 Å². The van der Waals surface area contributed by atoms with Crippen LogP contribution in [0.15, 0.2) is 30.3 Å². The highest BCUT2D eigenvalue weighted by atomic mass is 16.7. The van der Waals surface area contributed by atoms with Crippen molar-refractivity contribution in [2.45, 2.75) is 13.0 Å². The number of benzene rings is 1. The van der Waals surface area contributed by atoms with Crippen LogP contribution in [-0.4, -0.2) is 35.4 Å². The molecule has 1 atom stereocenters. The van der Waals surface area contributed by atoms with Gasteiger partial charge < -0.3 is 10.2 Å². The molecular formula is C12H12N2O4. The molecule has 1 N–H and O–H groups in total. The Kier molecular flexibility index (Phi) is 3.27. The standard InChI is InChI=1S/C12H12N2O4/c1-8(15)13-10-7-14(11(10)16)18-12(17)9-5-3-2-4-6-9/h2-6,10H,7H2,1H3,(H,13,15). The number of carbonyl (C=O) groups excluding carboxylic acids is 3. The van der Waals surface area contributed by atoms with E-state index in [0.29, 0.717) is 5.56 Å². The van der Waals surface area contributed by atoms with Crippen LogP contribution in [0.1, 0.15) is 17.3 Å². The lowest BCUT2D eigenvalue weighted by Crippen LogP contribution is -2.63. The Morgan fingerprint density at radius 2 is 2.00 bits per heavy atom. The summed E-state index contributed by atoms with van der Waals surface area (Å²) in [5.41, 5.74) is 0.369. The van der Waals surface area contributed by atoms with Crippen LogP contribution in [0.4, 0.5) is 0 Å². The van der Waals surface area contributed by atoms with Crippen molar-refractivity contribution in [1.29, 1.82) is 0 Å². The van der Waals surface area contributed by atoms with Crippen LogP contribution >= 0.6 is 0 Å². The molecule has 0 bridgehead atoms. The minimum atomic E-state index is -0.592. The number of amides is 2. The fourth-order valence-electron chi connectivity index (χ4n) is 1.56. The molecule has 1 saturated heterocycles. The fourth-order valence-corrected chi connectivity index (χ4v) is 1.56. The van der Waals surface area contributed by atoms with Gasteiger partial charge in [-0.25, -0.2) is 4.79 Å². The first-order valence-electron chi connectivity index (χ1n) is 5.44. The summed E-state index contributed by atoms with van der Waals surface area (Å²) in [5.74, 6) is -1.30. The Morgan fingerprint density at radius 1 is 1.33 bits per heavy atom. The summed E-state index contributed by atoms with van der Waals surface area (Å²) in [7, 11) is 0. The van der Waals surface area contributed by atoms with Gasteiger partial charge in [0.15, 0.2) is 0 Å². The SMILES string of the molecule is CC(=O)NC1CN(OC(=O)c2ccccc2)C1=O. The van der Waals surface area contributed by atoms with Gasteiger partial charge in [0, 0.05) is 6.92 Å². The lowest BCUT2D eigenvalue weighted by atomic mass is 10.1. The predicted molar refractivity (Wildman–Crippen MR) is 61.2 cm³/mol. The number of hydroxylamine groups is 2.